The Hall–Kier alpha value is -1.30. The van der Waals surface area contributed by atoms with Gasteiger partial charge in [-0.15, -0.1) is 0 Å². The second kappa shape index (κ2) is 2.34. The van der Waals surface area contributed by atoms with E-state index in [1.54, 1.807) is 44.2 Å². The van der Waals surface area contributed by atoms with Gasteiger partial charge in [-0.25, -0.2) is 0 Å². The predicted octanol–water partition coefficient (Wildman–Crippen LogP) is 3.14. The van der Waals surface area contributed by atoms with Crippen LogP contribution in [0.3, 0.4) is 0 Å². The Morgan fingerprint density at radius 1 is 0.500 bits per heavy atom. The molecular weight excluding hydrogens is 192 g/mol. The van der Waals surface area contributed by atoms with Crippen LogP contribution < -0.4 is 0 Å². The topological polar surface area (TPSA) is 0 Å². The lowest BCUT2D eigenvalue weighted by Crippen LogP contribution is -2.22. The minimum Gasteiger partial charge on any atom is -0.0506 e. The quantitative estimate of drug-likeness (QED) is 0.621. The molecule has 0 aliphatic heterocycles. The SMILES string of the molecule is c1c2c(cc3c4c(c5c(c13)CC5)CC4)CC2. The maximum atomic E-state index is 2.50. The molecule has 0 saturated carbocycles. The fraction of sp³-hybridized carbons (Fsp3) is 0.375. The van der Waals surface area contributed by atoms with E-state index in [1.165, 1.54) is 38.5 Å². The molecule has 0 nitrogen and oxygen atoms in total. The van der Waals surface area contributed by atoms with Crippen molar-refractivity contribution < 1.29 is 0 Å². The van der Waals surface area contributed by atoms with Crippen LogP contribution in [0.2, 0.25) is 0 Å². The molecular formula is C16H14. The van der Waals surface area contributed by atoms with Crippen LogP contribution in [0.4, 0.5) is 0 Å². The van der Waals surface area contributed by atoms with Crippen LogP contribution in [0.5, 0.6) is 0 Å². The summed E-state index contributed by atoms with van der Waals surface area (Å²) in [6, 6.07) is 5.01. The molecule has 2 aromatic carbocycles. The minimum absolute atomic E-state index is 1.32. The summed E-state index contributed by atoms with van der Waals surface area (Å²) in [6.45, 7) is 0. The van der Waals surface area contributed by atoms with E-state index in [2.05, 4.69) is 12.1 Å². The predicted molar refractivity (Wildman–Crippen MR) is 66.2 cm³/mol. The van der Waals surface area contributed by atoms with Crippen LogP contribution >= 0.6 is 0 Å². The van der Waals surface area contributed by atoms with Crippen molar-refractivity contribution in [3.63, 3.8) is 0 Å². The van der Waals surface area contributed by atoms with Crippen molar-refractivity contribution in [3.05, 3.63) is 45.5 Å². The van der Waals surface area contributed by atoms with Gasteiger partial charge >= 0.3 is 0 Å². The Kier molecular flexibility index (Phi) is 1.16. The lowest BCUT2D eigenvalue weighted by molar-refractivity contribution is 0.754. The fourth-order valence-electron chi connectivity index (χ4n) is 3.76. The highest BCUT2D eigenvalue weighted by Crippen LogP contribution is 2.44. The molecule has 2 aromatic rings. The van der Waals surface area contributed by atoms with E-state index in [1.807, 2.05) is 0 Å². The Morgan fingerprint density at radius 3 is 1.25 bits per heavy atom. The molecule has 0 fully saturated rings. The van der Waals surface area contributed by atoms with Crippen LogP contribution in [0.1, 0.15) is 33.4 Å². The van der Waals surface area contributed by atoms with Gasteiger partial charge in [-0.3, -0.25) is 0 Å². The summed E-state index contributed by atoms with van der Waals surface area (Å²) in [4.78, 5) is 0. The summed E-state index contributed by atoms with van der Waals surface area (Å²) in [7, 11) is 0. The van der Waals surface area contributed by atoms with Crippen molar-refractivity contribution in [3.8, 4) is 0 Å². The lowest BCUT2D eigenvalue weighted by atomic mass is 9.70. The summed E-state index contributed by atoms with van der Waals surface area (Å²) in [5.74, 6) is 0. The van der Waals surface area contributed by atoms with Crippen LogP contribution in [-0.2, 0) is 38.5 Å². The van der Waals surface area contributed by atoms with Crippen molar-refractivity contribution in [2.75, 3.05) is 0 Å². The number of benzene rings is 2. The Morgan fingerprint density at radius 2 is 0.938 bits per heavy atom. The molecule has 78 valence electrons. The second-order valence-corrected chi connectivity index (χ2v) is 5.58. The molecule has 0 heteroatoms. The van der Waals surface area contributed by atoms with Gasteiger partial charge in [0.2, 0.25) is 0 Å². The molecule has 0 bridgehead atoms. The zero-order valence-electron chi connectivity index (χ0n) is 9.40. The van der Waals surface area contributed by atoms with Gasteiger partial charge in [0.05, 0.1) is 0 Å². The number of fused-ring (bicyclic) bond motifs is 7. The maximum absolute atomic E-state index is 2.50. The van der Waals surface area contributed by atoms with Gasteiger partial charge in [-0.1, -0.05) is 12.1 Å². The van der Waals surface area contributed by atoms with Gasteiger partial charge < -0.3 is 0 Å². The van der Waals surface area contributed by atoms with Crippen molar-refractivity contribution in [2.45, 2.75) is 38.5 Å². The smallest absolute Gasteiger partial charge is 0.0143 e. The first kappa shape index (κ1) is 7.89. The minimum atomic E-state index is 1.32. The summed E-state index contributed by atoms with van der Waals surface area (Å²) < 4.78 is 0. The lowest BCUT2D eigenvalue weighted by Gasteiger charge is -2.34. The molecule has 0 heterocycles. The van der Waals surface area contributed by atoms with Gasteiger partial charge in [0.25, 0.3) is 0 Å². The van der Waals surface area contributed by atoms with Crippen molar-refractivity contribution in [1.82, 2.24) is 0 Å². The molecule has 0 amide bonds. The summed E-state index contributed by atoms with van der Waals surface area (Å²) in [5.41, 5.74) is 10.1. The maximum Gasteiger partial charge on any atom is -0.0143 e. The number of hydrogen-bond acceptors (Lipinski definition) is 0. The molecule has 16 heavy (non-hydrogen) atoms. The Balaban J connectivity index is 2.02. The molecule has 3 aliphatic rings. The van der Waals surface area contributed by atoms with E-state index in [-0.39, 0.29) is 0 Å². The van der Waals surface area contributed by atoms with Gasteiger partial charge in [0.1, 0.15) is 0 Å². The molecule has 0 spiro atoms. The molecule has 0 aromatic heterocycles. The summed E-state index contributed by atoms with van der Waals surface area (Å²) in [6.07, 6.45) is 8.00. The zero-order valence-corrected chi connectivity index (χ0v) is 9.40. The monoisotopic (exact) mass is 206 g/mol. The Labute approximate surface area is 95.3 Å². The van der Waals surface area contributed by atoms with Crippen LogP contribution in [-0.4, -0.2) is 0 Å². The second-order valence-electron chi connectivity index (χ2n) is 5.58. The van der Waals surface area contributed by atoms with E-state index in [9.17, 15) is 0 Å². The number of hydrogen-bond donors (Lipinski definition) is 0. The van der Waals surface area contributed by atoms with E-state index in [0.717, 1.165) is 0 Å². The molecule has 0 radical (unpaired) electrons. The standard InChI is InChI=1S/C16H14/c1-2-10-8-16-14-6-4-12(14)11-3-5-13(11)15(16)7-9(1)10/h7-8H,1-6H2. The van der Waals surface area contributed by atoms with E-state index in [4.69, 9.17) is 0 Å². The highest BCUT2D eigenvalue weighted by atomic mass is 14.3. The highest BCUT2D eigenvalue weighted by Gasteiger charge is 2.29. The van der Waals surface area contributed by atoms with Crippen LogP contribution in [0, 0.1) is 0 Å². The third-order valence-corrected chi connectivity index (χ3v) is 5.00. The van der Waals surface area contributed by atoms with Crippen molar-refractivity contribution >= 4 is 10.8 Å². The van der Waals surface area contributed by atoms with Crippen molar-refractivity contribution in [1.29, 1.82) is 0 Å². The largest absolute Gasteiger partial charge is 0.0506 e. The first-order valence-corrected chi connectivity index (χ1v) is 6.53. The van der Waals surface area contributed by atoms with Crippen molar-refractivity contribution in [2.24, 2.45) is 0 Å². The van der Waals surface area contributed by atoms with Gasteiger partial charge in [-0.2, -0.15) is 0 Å². The average Bonchev–Trinajstić information content (AvgIpc) is 2.17. The van der Waals surface area contributed by atoms with Gasteiger partial charge in [0, 0.05) is 0 Å². The molecule has 0 saturated heterocycles. The summed E-state index contributed by atoms with van der Waals surface area (Å²) in [5, 5.41) is 3.22. The number of aryl methyl sites for hydroxylation is 4. The molecule has 3 aliphatic carbocycles. The van der Waals surface area contributed by atoms with Gasteiger partial charge in [0.15, 0.2) is 0 Å². The first-order chi connectivity index (χ1) is 7.92. The molecule has 0 atom stereocenters. The van der Waals surface area contributed by atoms with Crippen LogP contribution in [0.15, 0.2) is 12.1 Å². The fourth-order valence-corrected chi connectivity index (χ4v) is 3.76. The normalized spacial score (nSPS) is 19.0. The number of rotatable bonds is 0. The third kappa shape index (κ3) is 0.704. The molecule has 0 N–H and O–H groups in total. The average molecular weight is 206 g/mol. The highest BCUT2D eigenvalue weighted by molar-refractivity contribution is 5.95. The molecule has 5 rings (SSSR count). The van der Waals surface area contributed by atoms with Gasteiger partial charge in [-0.05, 0) is 82.7 Å². The molecule has 0 unspecified atom stereocenters. The zero-order chi connectivity index (χ0) is 10.3. The first-order valence-electron chi connectivity index (χ1n) is 6.53. The summed E-state index contributed by atoms with van der Waals surface area (Å²) >= 11 is 0. The van der Waals surface area contributed by atoms with E-state index < -0.39 is 0 Å². The Bertz CT molecular complexity index is 603. The third-order valence-electron chi connectivity index (χ3n) is 5.00. The van der Waals surface area contributed by atoms with E-state index >= 15 is 0 Å². The van der Waals surface area contributed by atoms with E-state index in [0.29, 0.717) is 0 Å². The van der Waals surface area contributed by atoms with Crippen LogP contribution in [0.25, 0.3) is 10.8 Å².